The van der Waals surface area contributed by atoms with Crippen molar-refractivity contribution >= 4 is 45.0 Å². The maximum absolute atomic E-state index is 14.0. The molecule has 2 rings (SSSR count). The lowest BCUT2D eigenvalue weighted by molar-refractivity contribution is 0.0946. The lowest BCUT2D eigenvalue weighted by Gasteiger charge is -2.09. The van der Waals surface area contributed by atoms with E-state index in [1.165, 1.54) is 6.07 Å². The Morgan fingerprint density at radius 2 is 1.90 bits per heavy atom. The predicted octanol–water partition coefficient (Wildman–Crippen LogP) is 4.83. The van der Waals surface area contributed by atoms with Gasteiger partial charge in [-0.05, 0) is 27.6 Å². The molecule has 1 amide bonds. The highest BCUT2D eigenvalue weighted by atomic mass is 79.9. The second-order valence-electron chi connectivity index (χ2n) is 4.02. The van der Waals surface area contributed by atoms with Crippen LogP contribution in [0, 0.1) is 5.82 Å². The van der Waals surface area contributed by atoms with Crippen molar-refractivity contribution in [2.45, 2.75) is 6.54 Å². The van der Waals surface area contributed by atoms with Crippen molar-refractivity contribution in [2.75, 3.05) is 0 Å². The fourth-order valence-electron chi connectivity index (χ4n) is 1.61. The van der Waals surface area contributed by atoms with Crippen LogP contribution in [0.5, 0.6) is 0 Å². The Morgan fingerprint density at radius 3 is 2.55 bits per heavy atom. The molecular weight excluding hydrogens is 368 g/mol. The van der Waals surface area contributed by atoms with E-state index in [4.69, 9.17) is 23.2 Å². The van der Waals surface area contributed by atoms with Crippen LogP contribution in [0.25, 0.3) is 0 Å². The lowest BCUT2D eigenvalue weighted by Crippen LogP contribution is -2.24. The van der Waals surface area contributed by atoms with Crippen molar-refractivity contribution in [3.8, 4) is 0 Å². The topological polar surface area (TPSA) is 29.1 Å². The van der Waals surface area contributed by atoms with Crippen LogP contribution in [0.2, 0.25) is 10.0 Å². The number of carbonyl (C=O) groups excluding carboxylic acids is 1. The van der Waals surface area contributed by atoms with Crippen LogP contribution >= 0.6 is 39.1 Å². The van der Waals surface area contributed by atoms with Crippen LogP contribution in [0.4, 0.5) is 4.39 Å². The van der Waals surface area contributed by atoms with E-state index < -0.39 is 11.7 Å². The van der Waals surface area contributed by atoms with E-state index in [-0.39, 0.29) is 20.1 Å². The molecule has 2 aromatic carbocycles. The minimum atomic E-state index is -0.732. The van der Waals surface area contributed by atoms with E-state index in [2.05, 4.69) is 21.2 Å². The van der Waals surface area contributed by atoms with E-state index in [1.807, 2.05) is 30.3 Å². The minimum Gasteiger partial charge on any atom is -0.348 e. The van der Waals surface area contributed by atoms with Crippen LogP contribution in [0.1, 0.15) is 15.9 Å². The molecule has 0 spiro atoms. The van der Waals surface area contributed by atoms with Crippen molar-refractivity contribution in [1.82, 2.24) is 5.32 Å². The lowest BCUT2D eigenvalue weighted by atomic mass is 10.2. The van der Waals surface area contributed by atoms with Gasteiger partial charge in [0.15, 0.2) is 5.82 Å². The van der Waals surface area contributed by atoms with Crippen LogP contribution in [-0.2, 0) is 6.54 Å². The predicted molar refractivity (Wildman–Crippen MR) is 81.7 cm³/mol. The van der Waals surface area contributed by atoms with Crippen LogP contribution in [-0.4, -0.2) is 5.91 Å². The highest BCUT2D eigenvalue weighted by Gasteiger charge is 2.19. The molecule has 1 N–H and O–H groups in total. The van der Waals surface area contributed by atoms with Crippen LogP contribution in [0.3, 0.4) is 0 Å². The minimum absolute atomic E-state index is 0.0171. The van der Waals surface area contributed by atoms with Gasteiger partial charge in [-0.1, -0.05) is 53.5 Å². The van der Waals surface area contributed by atoms with Gasteiger partial charge in [-0.25, -0.2) is 4.39 Å². The van der Waals surface area contributed by atoms with Crippen molar-refractivity contribution in [1.29, 1.82) is 0 Å². The number of carbonyl (C=O) groups is 1. The fraction of sp³-hybridized carbons (Fsp3) is 0.0714. The summed E-state index contributed by atoms with van der Waals surface area (Å²) < 4.78 is 14.0. The van der Waals surface area contributed by atoms with Gasteiger partial charge < -0.3 is 5.32 Å². The smallest absolute Gasteiger partial charge is 0.254 e. The quantitative estimate of drug-likeness (QED) is 0.603. The van der Waals surface area contributed by atoms with Crippen molar-refractivity contribution in [3.05, 3.63) is 67.9 Å². The number of hydrogen-bond acceptors (Lipinski definition) is 1. The maximum atomic E-state index is 14.0. The Labute approximate surface area is 134 Å². The average Bonchev–Trinajstić information content (AvgIpc) is 2.47. The molecule has 2 nitrogen and oxygen atoms in total. The molecule has 20 heavy (non-hydrogen) atoms. The van der Waals surface area contributed by atoms with Crippen molar-refractivity contribution in [2.24, 2.45) is 0 Å². The van der Waals surface area contributed by atoms with Gasteiger partial charge in [-0.2, -0.15) is 0 Å². The summed E-state index contributed by atoms with van der Waals surface area (Å²) in [5, 5.41) is 2.79. The summed E-state index contributed by atoms with van der Waals surface area (Å²) in [5.74, 6) is -1.28. The molecular formula is C14H9BrCl2FNO. The third-order valence-corrected chi connectivity index (χ3v) is 4.40. The summed E-state index contributed by atoms with van der Waals surface area (Å²) in [6.45, 7) is 0.303. The SMILES string of the molecule is O=C(NCc1ccccc1)c1cc(Cl)c(Cl)c(Br)c1F. The molecule has 104 valence electrons. The zero-order valence-corrected chi connectivity index (χ0v) is 13.2. The Bertz CT molecular complexity index is 649. The number of amides is 1. The molecule has 0 unspecified atom stereocenters. The monoisotopic (exact) mass is 375 g/mol. The van der Waals surface area contributed by atoms with Gasteiger partial charge in [0.05, 0.1) is 20.1 Å². The van der Waals surface area contributed by atoms with E-state index in [0.717, 1.165) is 5.56 Å². The number of benzene rings is 2. The number of rotatable bonds is 3. The third-order valence-electron chi connectivity index (χ3n) is 2.64. The molecule has 0 aliphatic rings. The molecule has 0 fully saturated rings. The van der Waals surface area contributed by atoms with Gasteiger partial charge in [0.1, 0.15) is 0 Å². The molecule has 0 heterocycles. The fourth-order valence-corrected chi connectivity index (χ4v) is 2.49. The number of halogens is 4. The summed E-state index contributed by atoms with van der Waals surface area (Å²) in [5.41, 5.74) is 0.766. The molecule has 0 bridgehead atoms. The largest absolute Gasteiger partial charge is 0.348 e. The second-order valence-corrected chi connectivity index (χ2v) is 5.59. The summed E-state index contributed by atoms with van der Waals surface area (Å²) >= 11 is 14.6. The summed E-state index contributed by atoms with van der Waals surface area (Å²) in [6, 6.07) is 10.5. The van der Waals surface area contributed by atoms with Gasteiger partial charge in [0.2, 0.25) is 0 Å². The molecule has 0 radical (unpaired) electrons. The molecule has 6 heteroatoms. The molecule has 0 aliphatic carbocycles. The van der Waals surface area contributed by atoms with Crippen molar-refractivity contribution in [3.63, 3.8) is 0 Å². The first-order valence-electron chi connectivity index (χ1n) is 5.66. The Hall–Kier alpha value is -1.10. The van der Waals surface area contributed by atoms with Gasteiger partial charge in [0.25, 0.3) is 5.91 Å². The number of hydrogen-bond donors (Lipinski definition) is 1. The summed E-state index contributed by atoms with van der Waals surface area (Å²) in [7, 11) is 0. The molecule has 0 aromatic heterocycles. The van der Waals surface area contributed by atoms with Crippen LogP contribution < -0.4 is 5.32 Å². The summed E-state index contributed by atoms with van der Waals surface area (Å²) in [6.07, 6.45) is 0. The third kappa shape index (κ3) is 3.32. The van der Waals surface area contributed by atoms with Gasteiger partial charge >= 0.3 is 0 Å². The zero-order valence-electron chi connectivity index (χ0n) is 10.1. The van der Waals surface area contributed by atoms with E-state index in [1.54, 1.807) is 0 Å². The van der Waals surface area contributed by atoms with Crippen molar-refractivity contribution < 1.29 is 9.18 Å². The highest BCUT2D eigenvalue weighted by Crippen LogP contribution is 2.34. The Morgan fingerprint density at radius 1 is 1.25 bits per heavy atom. The molecule has 2 aromatic rings. The van der Waals surface area contributed by atoms with E-state index in [0.29, 0.717) is 6.54 Å². The first-order chi connectivity index (χ1) is 9.50. The molecule has 0 saturated heterocycles. The first kappa shape index (κ1) is 15.3. The summed E-state index contributed by atoms with van der Waals surface area (Å²) in [4.78, 5) is 12.0. The number of nitrogens with one attached hydrogen (secondary N) is 1. The zero-order chi connectivity index (χ0) is 14.7. The van der Waals surface area contributed by atoms with E-state index >= 15 is 0 Å². The Kier molecular flexibility index (Phi) is 5.02. The molecule has 0 saturated carbocycles. The molecule has 0 atom stereocenters. The van der Waals surface area contributed by atoms with Crippen LogP contribution in [0.15, 0.2) is 40.9 Å². The second kappa shape index (κ2) is 6.57. The average molecular weight is 377 g/mol. The highest BCUT2D eigenvalue weighted by molar-refractivity contribution is 9.10. The normalized spacial score (nSPS) is 10.4. The Balaban J connectivity index is 2.18. The van der Waals surface area contributed by atoms with E-state index in [9.17, 15) is 9.18 Å². The van der Waals surface area contributed by atoms with Gasteiger partial charge in [-0.15, -0.1) is 0 Å². The molecule has 0 aliphatic heterocycles. The first-order valence-corrected chi connectivity index (χ1v) is 7.20. The standard InChI is InChI=1S/C14H9BrCl2FNO/c15-11-12(17)10(16)6-9(13(11)18)14(20)19-7-8-4-2-1-3-5-8/h1-6H,7H2,(H,19,20). The van der Waals surface area contributed by atoms with Gasteiger partial charge in [-0.3, -0.25) is 4.79 Å². The van der Waals surface area contributed by atoms with Gasteiger partial charge in [0, 0.05) is 6.54 Å². The maximum Gasteiger partial charge on any atom is 0.254 e.